The van der Waals surface area contributed by atoms with Gasteiger partial charge < -0.3 is 10.1 Å². The first-order valence-corrected chi connectivity index (χ1v) is 10.7. The summed E-state index contributed by atoms with van der Waals surface area (Å²) in [5.41, 5.74) is 4.06. The summed E-state index contributed by atoms with van der Waals surface area (Å²) in [6.07, 6.45) is 0.0574. The summed E-state index contributed by atoms with van der Waals surface area (Å²) in [5, 5.41) is 7.58. The monoisotopic (exact) mass is 414 g/mol. The zero-order valence-electron chi connectivity index (χ0n) is 16.0. The van der Waals surface area contributed by atoms with Gasteiger partial charge in [0.15, 0.2) is 6.61 Å². The van der Waals surface area contributed by atoms with Gasteiger partial charge in [0.25, 0.3) is 5.91 Å². The molecule has 1 aromatic carbocycles. The van der Waals surface area contributed by atoms with E-state index < -0.39 is 5.97 Å². The van der Waals surface area contributed by atoms with E-state index in [0.717, 1.165) is 15.4 Å². The van der Waals surface area contributed by atoms with Crippen LogP contribution in [0.1, 0.15) is 35.3 Å². The largest absolute Gasteiger partial charge is 0.455 e. The van der Waals surface area contributed by atoms with E-state index in [1.165, 1.54) is 22.5 Å². The van der Waals surface area contributed by atoms with Crippen LogP contribution in [-0.2, 0) is 20.7 Å². The summed E-state index contributed by atoms with van der Waals surface area (Å²) in [5.74, 6) is -0.784. The number of hydrogen-bond donors (Lipinski definition) is 1. The lowest BCUT2D eigenvalue weighted by Gasteiger charge is -2.15. The van der Waals surface area contributed by atoms with Crippen LogP contribution < -0.4 is 5.32 Å². The number of benzene rings is 1. The van der Waals surface area contributed by atoms with Crippen molar-refractivity contribution in [3.63, 3.8) is 0 Å². The molecule has 3 aromatic rings. The third-order valence-corrected chi connectivity index (χ3v) is 6.31. The number of aromatic nitrogens is 1. The molecule has 0 saturated carbocycles. The van der Waals surface area contributed by atoms with Gasteiger partial charge in [-0.15, -0.1) is 22.7 Å². The molecule has 1 N–H and O–H groups in total. The molecule has 0 aliphatic rings. The zero-order valence-corrected chi connectivity index (χ0v) is 17.7. The number of nitrogens with one attached hydrogen (secondary N) is 1. The van der Waals surface area contributed by atoms with Gasteiger partial charge in [0.05, 0.1) is 23.0 Å². The number of rotatable bonds is 7. The van der Waals surface area contributed by atoms with Crippen LogP contribution in [0, 0.1) is 13.8 Å². The van der Waals surface area contributed by atoms with Crippen LogP contribution >= 0.6 is 22.7 Å². The number of nitrogens with zero attached hydrogens (tertiary/aromatic N) is 1. The second-order valence-electron chi connectivity index (χ2n) is 6.59. The van der Waals surface area contributed by atoms with Gasteiger partial charge in [-0.2, -0.15) is 0 Å². The number of thiophene rings is 1. The third kappa shape index (κ3) is 5.27. The summed E-state index contributed by atoms with van der Waals surface area (Å²) in [6, 6.07) is 9.88. The lowest BCUT2D eigenvalue weighted by Crippen LogP contribution is -2.31. The Morgan fingerprint density at radius 1 is 1.18 bits per heavy atom. The number of esters is 1. The zero-order chi connectivity index (χ0) is 20.1. The lowest BCUT2D eigenvalue weighted by molar-refractivity contribution is -0.148. The molecule has 0 radical (unpaired) electrons. The number of amides is 1. The molecule has 5 nitrogen and oxygen atoms in total. The minimum absolute atomic E-state index is 0.0574. The number of ether oxygens (including phenoxy) is 1. The van der Waals surface area contributed by atoms with Gasteiger partial charge in [0, 0.05) is 5.38 Å². The van der Waals surface area contributed by atoms with Crippen LogP contribution in [0.2, 0.25) is 0 Å². The van der Waals surface area contributed by atoms with Gasteiger partial charge in [-0.3, -0.25) is 9.59 Å². The van der Waals surface area contributed by atoms with Gasteiger partial charge in [-0.1, -0.05) is 24.3 Å². The third-order valence-electron chi connectivity index (χ3n) is 4.38. The summed E-state index contributed by atoms with van der Waals surface area (Å²) < 4.78 is 5.10. The predicted octanol–water partition coefficient (Wildman–Crippen LogP) is 4.45. The highest BCUT2D eigenvalue weighted by atomic mass is 32.1. The fourth-order valence-corrected chi connectivity index (χ4v) is 4.28. The molecule has 0 fully saturated rings. The van der Waals surface area contributed by atoms with Gasteiger partial charge in [0.1, 0.15) is 5.01 Å². The molecule has 1 unspecified atom stereocenters. The average Bonchev–Trinajstić information content (AvgIpc) is 3.34. The molecule has 0 aliphatic heterocycles. The first-order chi connectivity index (χ1) is 13.4. The van der Waals surface area contributed by atoms with E-state index in [2.05, 4.69) is 16.4 Å². The highest BCUT2D eigenvalue weighted by molar-refractivity contribution is 7.20. The van der Waals surface area contributed by atoms with Crippen molar-refractivity contribution < 1.29 is 14.3 Å². The first-order valence-electron chi connectivity index (χ1n) is 8.93. The molecule has 0 spiro atoms. The number of aryl methyl sites for hydroxylation is 2. The second-order valence-corrected chi connectivity index (χ2v) is 8.40. The van der Waals surface area contributed by atoms with E-state index in [-0.39, 0.29) is 25.0 Å². The molecule has 0 bridgehead atoms. The van der Waals surface area contributed by atoms with Gasteiger partial charge in [0.2, 0.25) is 0 Å². The lowest BCUT2D eigenvalue weighted by atomic mass is 10.0. The van der Waals surface area contributed by atoms with E-state index in [9.17, 15) is 9.59 Å². The fraction of sp³-hybridized carbons (Fsp3) is 0.286. The number of thiazole rings is 1. The van der Waals surface area contributed by atoms with Crippen LogP contribution in [0.25, 0.3) is 9.88 Å². The molecule has 1 atom stereocenters. The molecule has 1 amide bonds. The molecule has 146 valence electrons. The molecule has 2 heterocycles. The van der Waals surface area contributed by atoms with E-state index in [1.807, 2.05) is 55.8 Å². The maximum Gasteiger partial charge on any atom is 0.312 e. The topological polar surface area (TPSA) is 68.3 Å². The highest BCUT2D eigenvalue weighted by Gasteiger charge is 2.14. The first kappa shape index (κ1) is 20.2. The molecule has 28 heavy (non-hydrogen) atoms. The normalized spacial score (nSPS) is 11.8. The Balaban J connectivity index is 1.46. The Kier molecular flexibility index (Phi) is 6.59. The summed E-state index contributed by atoms with van der Waals surface area (Å²) in [6.45, 7) is 5.70. The summed E-state index contributed by atoms with van der Waals surface area (Å²) >= 11 is 3.10. The van der Waals surface area contributed by atoms with Gasteiger partial charge >= 0.3 is 5.97 Å². The maximum atomic E-state index is 12.1. The molecule has 7 heteroatoms. The molecular weight excluding hydrogens is 392 g/mol. The van der Waals surface area contributed by atoms with E-state index in [1.54, 1.807) is 11.3 Å². The summed E-state index contributed by atoms with van der Waals surface area (Å²) in [4.78, 5) is 29.6. The predicted molar refractivity (Wildman–Crippen MR) is 113 cm³/mol. The van der Waals surface area contributed by atoms with Crippen LogP contribution in [0.4, 0.5) is 0 Å². The quantitative estimate of drug-likeness (QED) is 0.580. The number of hydrogen-bond acceptors (Lipinski definition) is 6. The van der Waals surface area contributed by atoms with E-state index in [0.29, 0.717) is 5.69 Å². The SMILES string of the molecule is Cc1ccc(C(C)NC(=O)COC(=O)Cc2csc(-c3cccs3)n2)cc1C. The molecular formula is C21H22N2O3S2. The van der Waals surface area contributed by atoms with Crippen LogP contribution in [0.3, 0.4) is 0 Å². The van der Waals surface area contributed by atoms with Crippen molar-refractivity contribution >= 4 is 34.6 Å². The van der Waals surface area contributed by atoms with Crippen molar-refractivity contribution in [1.29, 1.82) is 0 Å². The van der Waals surface area contributed by atoms with Crippen LogP contribution in [0.5, 0.6) is 0 Å². The molecule has 3 rings (SSSR count). The van der Waals surface area contributed by atoms with Crippen LogP contribution in [0.15, 0.2) is 41.1 Å². The maximum absolute atomic E-state index is 12.1. The second kappa shape index (κ2) is 9.12. The Bertz CT molecular complexity index is 964. The van der Waals surface area contributed by atoms with Crippen molar-refractivity contribution in [2.45, 2.75) is 33.2 Å². The van der Waals surface area contributed by atoms with E-state index in [4.69, 9.17) is 4.74 Å². The van der Waals surface area contributed by atoms with Crippen molar-refractivity contribution in [3.05, 3.63) is 63.5 Å². The number of carbonyl (C=O) groups is 2. The number of carbonyl (C=O) groups excluding carboxylic acids is 2. The minimum Gasteiger partial charge on any atom is -0.455 e. The fourth-order valence-electron chi connectivity index (χ4n) is 2.65. The van der Waals surface area contributed by atoms with Crippen molar-refractivity contribution in [2.75, 3.05) is 6.61 Å². The summed E-state index contributed by atoms with van der Waals surface area (Å²) in [7, 11) is 0. The smallest absolute Gasteiger partial charge is 0.312 e. The Hall–Kier alpha value is -2.51. The van der Waals surface area contributed by atoms with E-state index >= 15 is 0 Å². The standard InChI is InChI=1S/C21H22N2O3S2/c1-13-6-7-16(9-14(13)2)15(3)22-19(24)11-26-20(25)10-17-12-28-21(23-17)18-5-4-8-27-18/h4-9,12,15H,10-11H2,1-3H3,(H,22,24). The van der Waals surface area contributed by atoms with Crippen molar-refractivity contribution in [2.24, 2.45) is 0 Å². The average molecular weight is 415 g/mol. The van der Waals surface area contributed by atoms with Crippen LogP contribution in [-0.4, -0.2) is 23.5 Å². The Morgan fingerprint density at radius 2 is 2.00 bits per heavy atom. The molecule has 0 saturated heterocycles. The van der Waals surface area contributed by atoms with Crippen molar-refractivity contribution in [1.82, 2.24) is 10.3 Å². The Morgan fingerprint density at radius 3 is 2.71 bits per heavy atom. The molecule has 0 aliphatic carbocycles. The highest BCUT2D eigenvalue weighted by Crippen LogP contribution is 2.27. The van der Waals surface area contributed by atoms with Gasteiger partial charge in [-0.25, -0.2) is 4.98 Å². The molecule has 2 aromatic heterocycles. The van der Waals surface area contributed by atoms with Gasteiger partial charge in [-0.05, 0) is 48.9 Å². The van der Waals surface area contributed by atoms with Crippen molar-refractivity contribution in [3.8, 4) is 9.88 Å². The minimum atomic E-state index is -0.461. The Labute approximate surface area is 172 Å².